The standard InChI is InChI=1S/C8H8O3S.Na.H/c1-2-7-5-3-4-6-8(7)12(9,10)11;;/h2-6H,1H2,(H,9,10,11);;. The number of rotatable bonds is 2. The molecule has 0 amide bonds. The Kier molecular flexibility index (Phi) is 4.88. The van der Waals surface area contributed by atoms with E-state index in [1.165, 1.54) is 18.2 Å². The predicted octanol–water partition coefficient (Wildman–Crippen LogP) is 0.928. The Labute approximate surface area is 99.5 Å². The van der Waals surface area contributed by atoms with Crippen LogP contribution in [0, 0.1) is 0 Å². The molecule has 1 aromatic rings. The molecule has 0 heterocycles. The summed E-state index contributed by atoms with van der Waals surface area (Å²) in [6, 6.07) is 6.10. The van der Waals surface area contributed by atoms with E-state index in [1.54, 1.807) is 12.1 Å². The van der Waals surface area contributed by atoms with Gasteiger partial charge < -0.3 is 0 Å². The van der Waals surface area contributed by atoms with Crippen LogP contribution in [-0.4, -0.2) is 42.5 Å². The third kappa shape index (κ3) is 3.25. The normalized spacial score (nSPS) is 10.2. The van der Waals surface area contributed by atoms with Gasteiger partial charge in [-0.15, -0.1) is 0 Å². The predicted molar refractivity (Wildman–Crippen MR) is 53.5 cm³/mol. The molecule has 0 aliphatic rings. The van der Waals surface area contributed by atoms with Gasteiger partial charge in [0.15, 0.2) is 0 Å². The molecule has 0 aromatic heterocycles. The Morgan fingerprint density at radius 1 is 1.31 bits per heavy atom. The first-order valence-electron chi connectivity index (χ1n) is 3.24. The minimum absolute atomic E-state index is 0. The molecule has 13 heavy (non-hydrogen) atoms. The molecule has 1 rings (SSSR count). The first-order valence-corrected chi connectivity index (χ1v) is 4.68. The van der Waals surface area contributed by atoms with Crippen LogP contribution in [0.1, 0.15) is 5.56 Å². The molecule has 0 atom stereocenters. The van der Waals surface area contributed by atoms with E-state index in [2.05, 4.69) is 6.58 Å². The summed E-state index contributed by atoms with van der Waals surface area (Å²) < 4.78 is 30.2. The van der Waals surface area contributed by atoms with Gasteiger partial charge in [0.25, 0.3) is 10.1 Å². The van der Waals surface area contributed by atoms with Crippen LogP contribution in [-0.2, 0) is 10.1 Å². The summed E-state index contributed by atoms with van der Waals surface area (Å²) in [4.78, 5) is -0.111. The van der Waals surface area contributed by atoms with Crippen LogP contribution in [0.25, 0.3) is 6.08 Å². The zero-order chi connectivity index (χ0) is 9.19. The van der Waals surface area contributed by atoms with Gasteiger partial charge in [-0.2, -0.15) is 8.42 Å². The van der Waals surface area contributed by atoms with Crippen molar-refractivity contribution < 1.29 is 13.0 Å². The zero-order valence-electron chi connectivity index (χ0n) is 6.27. The third-order valence-corrected chi connectivity index (χ3v) is 2.34. The van der Waals surface area contributed by atoms with E-state index in [4.69, 9.17) is 4.55 Å². The summed E-state index contributed by atoms with van der Waals surface area (Å²) in [5, 5.41) is 0. The topological polar surface area (TPSA) is 54.4 Å². The molecule has 0 spiro atoms. The molecule has 0 aliphatic heterocycles. The minimum atomic E-state index is -4.12. The van der Waals surface area contributed by atoms with Crippen LogP contribution in [0.5, 0.6) is 0 Å². The van der Waals surface area contributed by atoms with Crippen LogP contribution in [0.3, 0.4) is 0 Å². The number of hydrogen-bond donors (Lipinski definition) is 1. The van der Waals surface area contributed by atoms with E-state index in [0.717, 1.165) is 0 Å². The van der Waals surface area contributed by atoms with Gasteiger partial charge in [0.1, 0.15) is 4.90 Å². The quantitative estimate of drug-likeness (QED) is 0.581. The molecule has 5 heteroatoms. The Hall–Kier alpha value is -0.130. The van der Waals surface area contributed by atoms with Crippen LogP contribution < -0.4 is 0 Å². The summed E-state index contributed by atoms with van der Waals surface area (Å²) in [6.45, 7) is 3.43. The first kappa shape index (κ1) is 12.9. The maximum atomic E-state index is 10.7. The van der Waals surface area contributed by atoms with Crippen molar-refractivity contribution in [3.05, 3.63) is 36.4 Å². The summed E-state index contributed by atoms with van der Waals surface area (Å²) in [7, 11) is -4.12. The zero-order valence-corrected chi connectivity index (χ0v) is 7.08. The second-order valence-electron chi connectivity index (χ2n) is 2.22. The fourth-order valence-electron chi connectivity index (χ4n) is 0.884. The van der Waals surface area contributed by atoms with Gasteiger partial charge in [-0.3, -0.25) is 4.55 Å². The molecular weight excluding hydrogens is 199 g/mol. The second-order valence-corrected chi connectivity index (χ2v) is 3.61. The SMILES string of the molecule is C=Cc1ccccc1S(=O)(=O)O.[NaH]. The van der Waals surface area contributed by atoms with Gasteiger partial charge in [0.2, 0.25) is 0 Å². The summed E-state index contributed by atoms with van der Waals surface area (Å²) in [5.74, 6) is 0. The van der Waals surface area contributed by atoms with Gasteiger partial charge >= 0.3 is 29.6 Å². The number of hydrogen-bond acceptors (Lipinski definition) is 2. The molecule has 0 unspecified atom stereocenters. The van der Waals surface area contributed by atoms with E-state index in [0.29, 0.717) is 5.56 Å². The molecule has 1 aromatic carbocycles. The van der Waals surface area contributed by atoms with E-state index in [-0.39, 0.29) is 34.5 Å². The van der Waals surface area contributed by atoms with Crippen molar-refractivity contribution in [3.63, 3.8) is 0 Å². The Bertz CT molecular complexity index is 398. The average molecular weight is 208 g/mol. The first-order chi connectivity index (χ1) is 5.55. The van der Waals surface area contributed by atoms with Gasteiger partial charge in [-0.1, -0.05) is 30.9 Å². The van der Waals surface area contributed by atoms with Crippen molar-refractivity contribution in [2.45, 2.75) is 4.90 Å². The average Bonchev–Trinajstić information content (AvgIpc) is 2.03. The molecule has 0 saturated carbocycles. The van der Waals surface area contributed by atoms with Crippen molar-refractivity contribution in [3.8, 4) is 0 Å². The summed E-state index contributed by atoms with van der Waals surface area (Å²) in [5.41, 5.74) is 0.403. The molecule has 0 aliphatic carbocycles. The van der Waals surface area contributed by atoms with E-state index >= 15 is 0 Å². The summed E-state index contributed by atoms with van der Waals surface area (Å²) >= 11 is 0. The number of benzene rings is 1. The van der Waals surface area contributed by atoms with Crippen molar-refractivity contribution in [2.75, 3.05) is 0 Å². The maximum absolute atomic E-state index is 10.7. The molecular formula is C8H9NaO3S. The Balaban J connectivity index is 0.00000144. The van der Waals surface area contributed by atoms with Crippen LogP contribution in [0.2, 0.25) is 0 Å². The molecule has 0 bridgehead atoms. The molecule has 3 nitrogen and oxygen atoms in total. The van der Waals surface area contributed by atoms with Gasteiger partial charge in [-0.25, -0.2) is 0 Å². The fraction of sp³-hybridized carbons (Fsp3) is 0. The van der Waals surface area contributed by atoms with Gasteiger partial charge in [-0.05, 0) is 11.6 Å². The van der Waals surface area contributed by atoms with Crippen molar-refractivity contribution in [1.29, 1.82) is 0 Å². The van der Waals surface area contributed by atoms with Crippen LogP contribution >= 0.6 is 0 Å². The molecule has 0 fully saturated rings. The molecule has 1 N–H and O–H groups in total. The molecule has 0 saturated heterocycles. The third-order valence-electron chi connectivity index (χ3n) is 1.42. The van der Waals surface area contributed by atoms with Crippen LogP contribution in [0.15, 0.2) is 35.7 Å². The van der Waals surface area contributed by atoms with Crippen molar-refractivity contribution in [2.24, 2.45) is 0 Å². The monoisotopic (exact) mass is 208 g/mol. The van der Waals surface area contributed by atoms with E-state index < -0.39 is 10.1 Å². The Morgan fingerprint density at radius 3 is 2.23 bits per heavy atom. The van der Waals surface area contributed by atoms with E-state index in [1.807, 2.05) is 0 Å². The van der Waals surface area contributed by atoms with Gasteiger partial charge in [0, 0.05) is 0 Å². The molecule has 66 valence electrons. The van der Waals surface area contributed by atoms with E-state index in [9.17, 15) is 8.42 Å². The van der Waals surface area contributed by atoms with Crippen LogP contribution in [0.4, 0.5) is 0 Å². The summed E-state index contributed by atoms with van der Waals surface area (Å²) in [6.07, 6.45) is 1.38. The Morgan fingerprint density at radius 2 is 1.85 bits per heavy atom. The fourth-order valence-corrected chi connectivity index (χ4v) is 1.58. The second kappa shape index (κ2) is 4.93. The van der Waals surface area contributed by atoms with Crippen molar-refractivity contribution >= 4 is 45.8 Å². The molecule has 0 radical (unpaired) electrons. The van der Waals surface area contributed by atoms with Crippen molar-refractivity contribution in [1.82, 2.24) is 0 Å². The van der Waals surface area contributed by atoms with Gasteiger partial charge in [0.05, 0.1) is 0 Å².